The molecule has 1 saturated carbocycles. The van der Waals surface area contributed by atoms with Crippen molar-refractivity contribution >= 4 is 11.6 Å². The standard InChI is InChI=1S/C17H25ClO/c1-12(2)14-8-7-9-15(13(3)4)16(14)19-17(18)10-5-6-11-17/h7-9,12-13H,5-6,10-11H2,1-4H3. The highest BCUT2D eigenvalue weighted by molar-refractivity contribution is 6.23. The number of ether oxygens (including phenoxy) is 1. The van der Waals surface area contributed by atoms with Crippen LogP contribution in [0.15, 0.2) is 18.2 Å². The average molecular weight is 281 g/mol. The minimum absolute atomic E-state index is 0.454. The van der Waals surface area contributed by atoms with Crippen LogP contribution in [0.25, 0.3) is 0 Å². The van der Waals surface area contributed by atoms with Gasteiger partial charge in [0.15, 0.2) is 5.06 Å². The molecule has 1 aromatic rings. The van der Waals surface area contributed by atoms with Gasteiger partial charge in [0, 0.05) is 12.8 Å². The third kappa shape index (κ3) is 3.25. The molecule has 0 unspecified atom stereocenters. The zero-order valence-corrected chi connectivity index (χ0v) is 13.3. The normalized spacial score (nSPS) is 18.3. The van der Waals surface area contributed by atoms with E-state index in [-0.39, 0.29) is 0 Å². The Morgan fingerprint density at radius 2 is 1.47 bits per heavy atom. The molecule has 106 valence electrons. The second-order valence-electron chi connectivity index (χ2n) is 6.27. The van der Waals surface area contributed by atoms with Crippen molar-refractivity contribution < 1.29 is 4.74 Å². The molecule has 19 heavy (non-hydrogen) atoms. The third-order valence-electron chi connectivity index (χ3n) is 3.96. The van der Waals surface area contributed by atoms with E-state index in [0.717, 1.165) is 18.6 Å². The molecular formula is C17H25ClO. The molecule has 0 amide bonds. The monoisotopic (exact) mass is 280 g/mol. The number of rotatable bonds is 4. The van der Waals surface area contributed by atoms with E-state index in [9.17, 15) is 0 Å². The number of hydrogen-bond donors (Lipinski definition) is 0. The summed E-state index contributed by atoms with van der Waals surface area (Å²) in [6.45, 7) is 8.84. The van der Waals surface area contributed by atoms with Crippen molar-refractivity contribution in [3.63, 3.8) is 0 Å². The van der Waals surface area contributed by atoms with E-state index in [4.69, 9.17) is 16.3 Å². The van der Waals surface area contributed by atoms with Gasteiger partial charge in [0.2, 0.25) is 0 Å². The molecule has 0 radical (unpaired) electrons. The Bertz CT molecular complexity index is 405. The van der Waals surface area contributed by atoms with E-state index < -0.39 is 5.06 Å². The Morgan fingerprint density at radius 1 is 1.00 bits per heavy atom. The summed E-state index contributed by atoms with van der Waals surface area (Å²) in [5.41, 5.74) is 2.55. The molecule has 1 aliphatic rings. The molecule has 0 atom stereocenters. The van der Waals surface area contributed by atoms with Crippen LogP contribution in [0.4, 0.5) is 0 Å². The van der Waals surface area contributed by atoms with Gasteiger partial charge < -0.3 is 4.74 Å². The minimum Gasteiger partial charge on any atom is -0.471 e. The van der Waals surface area contributed by atoms with Gasteiger partial charge in [-0.15, -0.1) is 0 Å². The SMILES string of the molecule is CC(C)c1cccc(C(C)C)c1OC1(Cl)CCCC1. The largest absolute Gasteiger partial charge is 0.471 e. The number of halogens is 1. The van der Waals surface area contributed by atoms with Crippen molar-refractivity contribution in [2.45, 2.75) is 70.3 Å². The van der Waals surface area contributed by atoms with E-state index in [2.05, 4.69) is 45.9 Å². The maximum Gasteiger partial charge on any atom is 0.182 e. The predicted octanol–water partition coefficient (Wildman–Crippen LogP) is 5.82. The fourth-order valence-corrected chi connectivity index (χ4v) is 3.13. The molecule has 0 aliphatic heterocycles. The van der Waals surface area contributed by atoms with E-state index >= 15 is 0 Å². The van der Waals surface area contributed by atoms with E-state index in [0.29, 0.717) is 11.8 Å². The molecule has 0 aromatic heterocycles. The van der Waals surface area contributed by atoms with E-state index in [1.54, 1.807) is 0 Å². The zero-order valence-electron chi connectivity index (χ0n) is 12.5. The highest BCUT2D eigenvalue weighted by atomic mass is 35.5. The van der Waals surface area contributed by atoms with Crippen LogP contribution in [0, 0.1) is 0 Å². The van der Waals surface area contributed by atoms with Crippen LogP contribution in [0.2, 0.25) is 0 Å². The van der Waals surface area contributed by atoms with Gasteiger partial charge in [-0.2, -0.15) is 0 Å². The quantitative estimate of drug-likeness (QED) is 0.631. The number of benzene rings is 1. The molecule has 2 heteroatoms. The lowest BCUT2D eigenvalue weighted by Crippen LogP contribution is -2.26. The highest BCUT2D eigenvalue weighted by Gasteiger charge is 2.35. The van der Waals surface area contributed by atoms with Crippen molar-refractivity contribution in [1.29, 1.82) is 0 Å². The molecule has 1 aliphatic carbocycles. The molecule has 0 spiro atoms. The maximum absolute atomic E-state index is 6.64. The molecular weight excluding hydrogens is 256 g/mol. The fraction of sp³-hybridized carbons (Fsp3) is 0.647. The van der Waals surface area contributed by atoms with Gasteiger partial charge in [-0.1, -0.05) is 57.5 Å². The van der Waals surface area contributed by atoms with Crippen molar-refractivity contribution in [2.75, 3.05) is 0 Å². The minimum atomic E-state index is -0.478. The van der Waals surface area contributed by atoms with Crippen molar-refractivity contribution in [3.05, 3.63) is 29.3 Å². The van der Waals surface area contributed by atoms with Crippen LogP contribution >= 0.6 is 11.6 Å². The summed E-state index contributed by atoms with van der Waals surface area (Å²) >= 11 is 6.64. The molecule has 1 aromatic carbocycles. The Morgan fingerprint density at radius 3 is 1.89 bits per heavy atom. The van der Waals surface area contributed by atoms with Crippen LogP contribution in [0.3, 0.4) is 0 Å². The Labute approximate surface area is 122 Å². The molecule has 0 heterocycles. The van der Waals surface area contributed by atoms with Gasteiger partial charge in [-0.05, 0) is 35.8 Å². The summed E-state index contributed by atoms with van der Waals surface area (Å²) in [4.78, 5) is 0. The van der Waals surface area contributed by atoms with Crippen LogP contribution < -0.4 is 4.74 Å². The van der Waals surface area contributed by atoms with E-state index in [1.165, 1.54) is 24.0 Å². The van der Waals surface area contributed by atoms with Crippen LogP contribution in [0.1, 0.15) is 76.3 Å². The Balaban J connectivity index is 2.40. The summed E-state index contributed by atoms with van der Waals surface area (Å²) in [7, 11) is 0. The van der Waals surface area contributed by atoms with Gasteiger partial charge in [0.05, 0.1) is 0 Å². The first-order chi connectivity index (χ1) is 8.93. The third-order valence-corrected chi connectivity index (χ3v) is 4.41. The topological polar surface area (TPSA) is 9.23 Å². The van der Waals surface area contributed by atoms with E-state index in [1.807, 2.05) is 0 Å². The highest BCUT2D eigenvalue weighted by Crippen LogP contribution is 2.42. The molecule has 1 nitrogen and oxygen atoms in total. The smallest absolute Gasteiger partial charge is 0.182 e. The van der Waals surface area contributed by atoms with Gasteiger partial charge in [0.25, 0.3) is 0 Å². The first-order valence-corrected chi connectivity index (χ1v) is 7.81. The summed E-state index contributed by atoms with van der Waals surface area (Å²) in [6, 6.07) is 6.47. The lowest BCUT2D eigenvalue weighted by molar-refractivity contribution is 0.161. The van der Waals surface area contributed by atoms with Crippen LogP contribution in [-0.4, -0.2) is 5.06 Å². The van der Waals surface area contributed by atoms with Crippen molar-refractivity contribution in [3.8, 4) is 5.75 Å². The number of alkyl halides is 1. The van der Waals surface area contributed by atoms with Crippen molar-refractivity contribution in [2.24, 2.45) is 0 Å². The first kappa shape index (κ1) is 14.7. The summed E-state index contributed by atoms with van der Waals surface area (Å²) in [5, 5.41) is -0.478. The maximum atomic E-state index is 6.64. The molecule has 0 N–H and O–H groups in total. The van der Waals surface area contributed by atoms with Gasteiger partial charge >= 0.3 is 0 Å². The summed E-state index contributed by atoms with van der Waals surface area (Å²) in [6.07, 6.45) is 4.26. The molecule has 1 fully saturated rings. The van der Waals surface area contributed by atoms with Gasteiger partial charge in [-0.3, -0.25) is 0 Å². The zero-order chi connectivity index (χ0) is 14.0. The van der Waals surface area contributed by atoms with Crippen LogP contribution in [-0.2, 0) is 0 Å². The van der Waals surface area contributed by atoms with Crippen LogP contribution in [0.5, 0.6) is 5.75 Å². The summed E-state index contributed by atoms with van der Waals surface area (Å²) < 4.78 is 6.31. The second-order valence-corrected chi connectivity index (χ2v) is 6.96. The second kappa shape index (κ2) is 5.75. The lowest BCUT2D eigenvalue weighted by Gasteiger charge is -2.28. The fourth-order valence-electron chi connectivity index (χ4n) is 2.79. The van der Waals surface area contributed by atoms with Gasteiger partial charge in [-0.25, -0.2) is 0 Å². The molecule has 2 rings (SSSR count). The average Bonchev–Trinajstić information content (AvgIpc) is 2.75. The molecule has 0 bridgehead atoms. The van der Waals surface area contributed by atoms with Gasteiger partial charge in [0.1, 0.15) is 5.75 Å². The predicted molar refractivity (Wildman–Crippen MR) is 82.3 cm³/mol. The first-order valence-electron chi connectivity index (χ1n) is 7.44. The lowest BCUT2D eigenvalue weighted by atomic mass is 9.94. The van der Waals surface area contributed by atoms with Crippen molar-refractivity contribution in [1.82, 2.24) is 0 Å². The Kier molecular flexibility index (Phi) is 4.45. The summed E-state index contributed by atoms with van der Waals surface area (Å²) in [5.74, 6) is 1.94. The number of para-hydroxylation sites is 1. The number of hydrogen-bond acceptors (Lipinski definition) is 1. The molecule has 0 saturated heterocycles. The Hall–Kier alpha value is -0.690.